The standard InChI is InChI=1S/C12H12BrNO2/c1-3-9-8(6-12(15)16-2)4-5-11(13)10(9)7-14/h4-5H,3,6H2,1-2H3. The van der Waals surface area contributed by atoms with E-state index in [2.05, 4.69) is 26.7 Å². The van der Waals surface area contributed by atoms with Gasteiger partial charge in [0.1, 0.15) is 6.07 Å². The van der Waals surface area contributed by atoms with Crippen LogP contribution in [0, 0.1) is 11.3 Å². The van der Waals surface area contributed by atoms with E-state index in [-0.39, 0.29) is 12.4 Å². The molecule has 0 aliphatic carbocycles. The Morgan fingerprint density at radius 2 is 2.25 bits per heavy atom. The second kappa shape index (κ2) is 5.66. The molecule has 1 aromatic rings. The zero-order valence-corrected chi connectivity index (χ0v) is 10.8. The van der Waals surface area contributed by atoms with Crippen LogP contribution in [0.2, 0.25) is 0 Å². The molecule has 0 radical (unpaired) electrons. The number of methoxy groups -OCH3 is 1. The molecule has 0 aromatic heterocycles. The molecule has 0 N–H and O–H groups in total. The minimum absolute atomic E-state index is 0.210. The van der Waals surface area contributed by atoms with Gasteiger partial charge in [0.15, 0.2) is 0 Å². The smallest absolute Gasteiger partial charge is 0.309 e. The summed E-state index contributed by atoms with van der Waals surface area (Å²) in [5.74, 6) is -0.291. The summed E-state index contributed by atoms with van der Waals surface area (Å²) in [6.45, 7) is 1.96. The van der Waals surface area contributed by atoms with Gasteiger partial charge >= 0.3 is 5.97 Å². The summed E-state index contributed by atoms with van der Waals surface area (Å²) in [7, 11) is 1.36. The van der Waals surface area contributed by atoms with Gasteiger partial charge in [-0.3, -0.25) is 4.79 Å². The van der Waals surface area contributed by atoms with E-state index < -0.39 is 0 Å². The molecule has 1 aromatic carbocycles. The zero-order valence-electron chi connectivity index (χ0n) is 9.21. The number of nitrogens with zero attached hydrogens (tertiary/aromatic N) is 1. The van der Waals surface area contributed by atoms with Gasteiger partial charge in [-0.1, -0.05) is 13.0 Å². The van der Waals surface area contributed by atoms with Crippen molar-refractivity contribution in [2.75, 3.05) is 7.11 Å². The van der Waals surface area contributed by atoms with Crippen molar-refractivity contribution in [2.24, 2.45) is 0 Å². The van der Waals surface area contributed by atoms with Gasteiger partial charge in [-0.05, 0) is 39.5 Å². The molecule has 0 saturated carbocycles. The number of ether oxygens (including phenoxy) is 1. The minimum Gasteiger partial charge on any atom is -0.469 e. The van der Waals surface area contributed by atoms with Gasteiger partial charge in [-0.2, -0.15) is 5.26 Å². The van der Waals surface area contributed by atoms with Crippen LogP contribution in [0.4, 0.5) is 0 Å². The van der Waals surface area contributed by atoms with Crippen molar-refractivity contribution in [3.63, 3.8) is 0 Å². The lowest BCUT2D eigenvalue weighted by Crippen LogP contribution is -2.08. The number of carbonyl (C=O) groups excluding carboxylic acids is 1. The van der Waals surface area contributed by atoms with E-state index in [0.717, 1.165) is 15.6 Å². The van der Waals surface area contributed by atoms with Crippen LogP contribution >= 0.6 is 15.9 Å². The number of carbonyl (C=O) groups is 1. The molecule has 16 heavy (non-hydrogen) atoms. The highest BCUT2D eigenvalue weighted by atomic mass is 79.9. The van der Waals surface area contributed by atoms with E-state index in [1.54, 1.807) is 6.07 Å². The van der Waals surface area contributed by atoms with Gasteiger partial charge in [0.2, 0.25) is 0 Å². The average molecular weight is 282 g/mol. The zero-order chi connectivity index (χ0) is 12.1. The van der Waals surface area contributed by atoms with Crippen LogP contribution < -0.4 is 0 Å². The summed E-state index contributed by atoms with van der Waals surface area (Å²) in [5, 5.41) is 9.05. The molecule has 0 aliphatic rings. The average Bonchev–Trinajstić information content (AvgIpc) is 2.30. The van der Waals surface area contributed by atoms with Crippen LogP contribution in [-0.4, -0.2) is 13.1 Å². The highest BCUT2D eigenvalue weighted by Gasteiger charge is 2.13. The number of rotatable bonds is 3. The van der Waals surface area contributed by atoms with E-state index in [9.17, 15) is 4.79 Å². The van der Waals surface area contributed by atoms with Crippen LogP contribution in [0.25, 0.3) is 0 Å². The summed E-state index contributed by atoms with van der Waals surface area (Å²) < 4.78 is 5.39. The van der Waals surface area contributed by atoms with Crippen molar-refractivity contribution in [3.8, 4) is 6.07 Å². The first-order chi connectivity index (χ1) is 7.63. The van der Waals surface area contributed by atoms with Crippen molar-refractivity contribution < 1.29 is 9.53 Å². The molecule has 1 rings (SSSR count). The van der Waals surface area contributed by atoms with E-state index in [0.29, 0.717) is 12.0 Å². The molecule has 0 amide bonds. The number of hydrogen-bond acceptors (Lipinski definition) is 3. The van der Waals surface area contributed by atoms with Crippen molar-refractivity contribution in [3.05, 3.63) is 33.3 Å². The van der Waals surface area contributed by atoms with Crippen LogP contribution in [-0.2, 0) is 22.4 Å². The van der Waals surface area contributed by atoms with Gasteiger partial charge in [0.25, 0.3) is 0 Å². The van der Waals surface area contributed by atoms with Gasteiger partial charge in [0.05, 0.1) is 19.1 Å². The Bertz CT molecular complexity index is 449. The van der Waals surface area contributed by atoms with Crippen LogP contribution in [0.15, 0.2) is 16.6 Å². The number of halogens is 1. The molecular weight excluding hydrogens is 270 g/mol. The molecule has 0 fully saturated rings. The SMILES string of the molecule is CCc1c(CC(=O)OC)ccc(Br)c1C#N. The van der Waals surface area contributed by atoms with Crippen molar-refractivity contribution >= 4 is 21.9 Å². The van der Waals surface area contributed by atoms with Gasteiger partial charge in [-0.15, -0.1) is 0 Å². The Labute approximate surface area is 103 Å². The van der Waals surface area contributed by atoms with Crippen LogP contribution in [0.3, 0.4) is 0 Å². The summed E-state index contributed by atoms with van der Waals surface area (Å²) in [6, 6.07) is 5.78. The summed E-state index contributed by atoms with van der Waals surface area (Å²) in [5.41, 5.74) is 2.36. The highest BCUT2D eigenvalue weighted by Crippen LogP contribution is 2.24. The highest BCUT2D eigenvalue weighted by molar-refractivity contribution is 9.10. The molecule has 0 saturated heterocycles. The molecule has 4 heteroatoms. The van der Waals surface area contributed by atoms with Gasteiger partial charge in [-0.25, -0.2) is 0 Å². The first kappa shape index (κ1) is 12.7. The number of nitriles is 1. The Morgan fingerprint density at radius 1 is 1.56 bits per heavy atom. The third-order valence-electron chi connectivity index (χ3n) is 2.39. The summed E-state index contributed by atoms with van der Waals surface area (Å²) in [6.07, 6.45) is 0.927. The fourth-order valence-corrected chi connectivity index (χ4v) is 2.04. The molecule has 0 unspecified atom stereocenters. The van der Waals surface area contributed by atoms with Gasteiger partial charge in [0, 0.05) is 4.47 Å². The minimum atomic E-state index is -0.291. The van der Waals surface area contributed by atoms with Gasteiger partial charge < -0.3 is 4.74 Å². The molecule has 0 atom stereocenters. The lowest BCUT2D eigenvalue weighted by molar-refractivity contribution is -0.139. The molecular formula is C12H12BrNO2. The van der Waals surface area contributed by atoms with E-state index in [4.69, 9.17) is 5.26 Å². The van der Waals surface area contributed by atoms with Crippen molar-refractivity contribution in [1.29, 1.82) is 5.26 Å². The lowest BCUT2D eigenvalue weighted by Gasteiger charge is -2.10. The predicted octanol–water partition coefficient (Wildman–Crippen LogP) is 2.60. The Balaban J connectivity index is 3.21. The Kier molecular flexibility index (Phi) is 4.51. The summed E-state index contributed by atoms with van der Waals surface area (Å²) >= 11 is 3.33. The van der Waals surface area contributed by atoms with Crippen LogP contribution in [0.5, 0.6) is 0 Å². The number of esters is 1. The first-order valence-corrected chi connectivity index (χ1v) is 5.70. The maximum Gasteiger partial charge on any atom is 0.309 e. The molecule has 84 valence electrons. The monoisotopic (exact) mass is 281 g/mol. The predicted molar refractivity (Wildman–Crippen MR) is 64.0 cm³/mol. The third-order valence-corrected chi connectivity index (χ3v) is 3.05. The molecule has 3 nitrogen and oxygen atoms in total. The summed E-state index contributed by atoms with van der Waals surface area (Å²) in [4.78, 5) is 11.2. The Morgan fingerprint density at radius 3 is 2.75 bits per heavy atom. The van der Waals surface area contributed by atoms with E-state index in [1.807, 2.05) is 13.0 Å². The van der Waals surface area contributed by atoms with E-state index >= 15 is 0 Å². The topological polar surface area (TPSA) is 50.1 Å². The number of hydrogen-bond donors (Lipinski definition) is 0. The second-order valence-electron chi connectivity index (χ2n) is 3.28. The largest absolute Gasteiger partial charge is 0.469 e. The normalized spacial score (nSPS) is 9.62. The fraction of sp³-hybridized carbons (Fsp3) is 0.333. The Hall–Kier alpha value is -1.34. The van der Waals surface area contributed by atoms with Crippen molar-refractivity contribution in [1.82, 2.24) is 0 Å². The van der Waals surface area contributed by atoms with Crippen LogP contribution in [0.1, 0.15) is 23.6 Å². The second-order valence-corrected chi connectivity index (χ2v) is 4.13. The third kappa shape index (κ3) is 2.61. The quantitative estimate of drug-likeness (QED) is 0.801. The maximum absolute atomic E-state index is 11.2. The van der Waals surface area contributed by atoms with E-state index in [1.165, 1.54) is 7.11 Å². The molecule has 0 bridgehead atoms. The fourth-order valence-electron chi connectivity index (χ4n) is 1.58. The first-order valence-electron chi connectivity index (χ1n) is 4.91. The van der Waals surface area contributed by atoms with Crippen molar-refractivity contribution in [2.45, 2.75) is 19.8 Å². The molecule has 0 heterocycles. The lowest BCUT2D eigenvalue weighted by atomic mass is 9.97. The molecule has 0 spiro atoms. The number of benzene rings is 1. The maximum atomic E-state index is 11.2. The molecule has 0 aliphatic heterocycles.